The highest BCUT2D eigenvalue weighted by Gasteiger charge is 2.12. The Labute approximate surface area is 105 Å². The maximum Gasteiger partial charge on any atom is 0.332 e. The summed E-state index contributed by atoms with van der Waals surface area (Å²) in [6, 6.07) is 5.95. The number of amides is 1. The molecule has 0 aliphatic rings. The summed E-state index contributed by atoms with van der Waals surface area (Å²) < 4.78 is 14.0. The van der Waals surface area contributed by atoms with Crippen molar-refractivity contribution in [2.75, 3.05) is 6.61 Å². The second-order valence-electron chi connectivity index (χ2n) is 3.38. The molecular formula is C11H8FNO4S. The zero-order chi connectivity index (χ0) is 13.1. The number of carboxylic acids is 1. The number of halogens is 1. The maximum absolute atomic E-state index is 13.4. The van der Waals surface area contributed by atoms with Crippen LogP contribution in [0.2, 0.25) is 0 Å². The molecule has 0 radical (unpaired) electrons. The van der Waals surface area contributed by atoms with Crippen LogP contribution in [-0.2, 0) is 9.63 Å². The molecule has 1 aromatic heterocycles. The number of hydroxylamine groups is 1. The molecule has 5 nitrogen and oxygen atoms in total. The number of rotatable bonds is 4. The molecule has 0 aliphatic carbocycles. The first-order valence-electron chi connectivity index (χ1n) is 4.90. The fourth-order valence-corrected chi connectivity index (χ4v) is 2.31. The van der Waals surface area contributed by atoms with Crippen molar-refractivity contribution in [3.63, 3.8) is 0 Å². The zero-order valence-electron chi connectivity index (χ0n) is 8.97. The van der Waals surface area contributed by atoms with E-state index in [2.05, 4.69) is 4.84 Å². The number of hydrogen-bond acceptors (Lipinski definition) is 4. The number of benzene rings is 1. The Bertz CT molecular complexity index is 610. The molecule has 0 saturated carbocycles. The van der Waals surface area contributed by atoms with Gasteiger partial charge in [-0.05, 0) is 18.2 Å². The molecular weight excluding hydrogens is 261 g/mol. The van der Waals surface area contributed by atoms with Gasteiger partial charge in [0.2, 0.25) is 0 Å². The maximum atomic E-state index is 13.4. The third-order valence-corrected chi connectivity index (χ3v) is 3.19. The first kappa shape index (κ1) is 12.5. The Hall–Kier alpha value is -1.99. The number of fused-ring (bicyclic) bond motifs is 1. The molecule has 2 N–H and O–H groups in total. The quantitative estimate of drug-likeness (QED) is 0.830. The van der Waals surface area contributed by atoms with Gasteiger partial charge in [0.1, 0.15) is 5.82 Å². The Morgan fingerprint density at radius 2 is 2.22 bits per heavy atom. The molecule has 18 heavy (non-hydrogen) atoms. The predicted octanol–water partition coefficient (Wildman–Crippen LogP) is 1.79. The average Bonchev–Trinajstić information content (AvgIpc) is 2.74. The summed E-state index contributed by atoms with van der Waals surface area (Å²) >= 11 is 1.10. The number of nitrogens with one attached hydrogen (secondary N) is 1. The summed E-state index contributed by atoms with van der Waals surface area (Å²) in [5.74, 6) is -2.20. The smallest absolute Gasteiger partial charge is 0.332 e. The van der Waals surface area contributed by atoms with Gasteiger partial charge < -0.3 is 5.11 Å². The summed E-state index contributed by atoms with van der Waals surface area (Å²) in [5, 5.41) is 8.68. The lowest BCUT2D eigenvalue weighted by Crippen LogP contribution is -2.25. The molecule has 0 saturated heterocycles. The van der Waals surface area contributed by atoms with E-state index >= 15 is 0 Å². The minimum atomic E-state index is -1.20. The standard InChI is InChI=1S/C11H8FNO4S/c12-7-2-1-3-8-6(7)4-9(18-8)11(16)13-17-5-10(14)15/h1-4H,5H2,(H,13,16)(H,14,15). The largest absolute Gasteiger partial charge is 0.479 e. The van der Waals surface area contributed by atoms with Crippen LogP contribution in [0.4, 0.5) is 4.39 Å². The van der Waals surface area contributed by atoms with E-state index in [1.54, 1.807) is 12.1 Å². The lowest BCUT2D eigenvalue weighted by atomic mass is 10.2. The molecule has 0 fully saturated rings. The highest BCUT2D eigenvalue weighted by molar-refractivity contribution is 7.20. The van der Waals surface area contributed by atoms with Crippen LogP contribution in [0, 0.1) is 5.82 Å². The van der Waals surface area contributed by atoms with E-state index < -0.39 is 24.3 Å². The summed E-state index contributed by atoms with van der Waals surface area (Å²) in [6.45, 7) is -0.634. The molecule has 2 aromatic rings. The van der Waals surface area contributed by atoms with Crippen LogP contribution in [-0.4, -0.2) is 23.6 Å². The molecule has 1 amide bonds. The third kappa shape index (κ3) is 2.63. The summed E-state index contributed by atoms with van der Waals surface area (Å²) in [7, 11) is 0. The van der Waals surface area contributed by atoms with Crippen molar-refractivity contribution in [1.82, 2.24) is 5.48 Å². The van der Waals surface area contributed by atoms with Crippen molar-refractivity contribution in [1.29, 1.82) is 0 Å². The van der Waals surface area contributed by atoms with Gasteiger partial charge in [0.15, 0.2) is 6.61 Å². The van der Waals surface area contributed by atoms with E-state index in [-0.39, 0.29) is 4.88 Å². The van der Waals surface area contributed by atoms with Crippen LogP contribution in [0.15, 0.2) is 24.3 Å². The summed E-state index contributed by atoms with van der Waals surface area (Å²) in [4.78, 5) is 26.4. The Morgan fingerprint density at radius 1 is 1.44 bits per heavy atom. The van der Waals surface area contributed by atoms with Gasteiger partial charge >= 0.3 is 5.97 Å². The first-order valence-corrected chi connectivity index (χ1v) is 5.71. The van der Waals surface area contributed by atoms with E-state index in [0.717, 1.165) is 11.3 Å². The number of carboxylic acid groups (broad SMARTS) is 1. The van der Waals surface area contributed by atoms with Crippen molar-refractivity contribution < 1.29 is 23.9 Å². The summed E-state index contributed by atoms with van der Waals surface area (Å²) in [5.41, 5.74) is 1.98. The Morgan fingerprint density at radius 3 is 2.89 bits per heavy atom. The molecule has 7 heteroatoms. The normalized spacial score (nSPS) is 10.5. The SMILES string of the molecule is O=C(O)CONC(=O)c1cc2c(F)cccc2s1. The first-order chi connectivity index (χ1) is 8.58. The second-order valence-corrected chi connectivity index (χ2v) is 4.46. The Kier molecular flexibility index (Phi) is 3.54. The summed E-state index contributed by atoms with van der Waals surface area (Å²) in [6.07, 6.45) is 0. The average molecular weight is 269 g/mol. The van der Waals surface area contributed by atoms with Gasteiger partial charge in [-0.15, -0.1) is 11.3 Å². The van der Waals surface area contributed by atoms with Crippen molar-refractivity contribution in [3.8, 4) is 0 Å². The fraction of sp³-hybridized carbons (Fsp3) is 0.0909. The molecule has 0 bridgehead atoms. The highest BCUT2D eigenvalue weighted by Crippen LogP contribution is 2.27. The van der Waals surface area contributed by atoms with Gasteiger partial charge in [0.25, 0.3) is 5.91 Å². The molecule has 94 valence electrons. The van der Waals surface area contributed by atoms with E-state index in [1.165, 1.54) is 12.1 Å². The number of hydrogen-bond donors (Lipinski definition) is 2. The predicted molar refractivity (Wildman–Crippen MR) is 62.8 cm³/mol. The van der Waals surface area contributed by atoms with Gasteiger partial charge in [0, 0.05) is 10.1 Å². The van der Waals surface area contributed by atoms with Gasteiger partial charge in [-0.1, -0.05) is 6.07 Å². The molecule has 2 rings (SSSR count). The minimum Gasteiger partial charge on any atom is -0.479 e. The van der Waals surface area contributed by atoms with Gasteiger partial charge in [-0.2, -0.15) is 0 Å². The second kappa shape index (κ2) is 5.11. The molecule has 1 heterocycles. The zero-order valence-corrected chi connectivity index (χ0v) is 9.79. The van der Waals surface area contributed by atoms with Crippen molar-refractivity contribution in [3.05, 3.63) is 35.0 Å². The van der Waals surface area contributed by atoms with Crippen molar-refractivity contribution >= 4 is 33.3 Å². The van der Waals surface area contributed by atoms with E-state index in [4.69, 9.17) is 5.11 Å². The van der Waals surface area contributed by atoms with Crippen LogP contribution in [0.1, 0.15) is 9.67 Å². The molecule has 0 unspecified atom stereocenters. The number of thiophene rings is 1. The number of aliphatic carboxylic acids is 1. The number of carbonyl (C=O) groups excluding carboxylic acids is 1. The number of carbonyl (C=O) groups is 2. The van der Waals surface area contributed by atoms with E-state index in [9.17, 15) is 14.0 Å². The third-order valence-electron chi connectivity index (χ3n) is 2.09. The monoisotopic (exact) mass is 269 g/mol. The van der Waals surface area contributed by atoms with Gasteiger partial charge in [-0.25, -0.2) is 14.7 Å². The van der Waals surface area contributed by atoms with Crippen LogP contribution >= 0.6 is 11.3 Å². The van der Waals surface area contributed by atoms with Crippen LogP contribution in [0.5, 0.6) is 0 Å². The molecule has 0 spiro atoms. The minimum absolute atomic E-state index is 0.250. The topological polar surface area (TPSA) is 75.6 Å². The highest BCUT2D eigenvalue weighted by atomic mass is 32.1. The van der Waals surface area contributed by atoms with Crippen LogP contribution < -0.4 is 5.48 Å². The Balaban J connectivity index is 2.13. The lowest BCUT2D eigenvalue weighted by molar-refractivity contribution is -0.144. The van der Waals surface area contributed by atoms with E-state index in [0.29, 0.717) is 10.1 Å². The van der Waals surface area contributed by atoms with Crippen molar-refractivity contribution in [2.24, 2.45) is 0 Å². The molecule has 1 aromatic carbocycles. The van der Waals surface area contributed by atoms with Crippen LogP contribution in [0.3, 0.4) is 0 Å². The fourth-order valence-electron chi connectivity index (χ4n) is 1.35. The lowest BCUT2D eigenvalue weighted by Gasteiger charge is -2.00. The van der Waals surface area contributed by atoms with Gasteiger partial charge in [0.05, 0.1) is 4.88 Å². The van der Waals surface area contributed by atoms with Crippen LogP contribution in [0.25, 0.3) is 10.1 Å². The van der Waals surface area contributed by atoms with Crippen molar-refractivity contribution in [2.45, 2.75) is 0 Å². The van der Waals surface area contributed by atoms with Gasteiger partial charge in [-0.3, -0.25) is 9.63 Å². The van der Waals surface area contributed by atoms with E-state index in [1.807, 2.05) is 5.48 Å². The molecule has 0 aliphatic heterocycles. The molecule has 0 atom stereocenters.